The van der Waals surface area contributed by atoms with E-state index in [1.807, 2.05) is 13.8 Å². The molecule has 2 aromatic rings. The van der Waals surface area contributed by atoms with Crippen molar-refractivity contribution in [3.8, 4) is 0 Å². The number of amidine groups is 1. The molecule has 0 bridgehead atoms. The maximum Gasteiger partial charge on any atom is 0.244 e. The van der Waals surface area contributed by atoms with Gasteiger partial charge < -0.3 is 10.6 Å². The van der Waals surface area contributed by atoms with Crippen LogP contribution in [-0.4, -0.2) is 50.0 Å². The van der Waals surface area contributed by atoms with E-state index in [2.05, 4.69) is 4.99 Å². The third kappa shape index (κ3) is 5.00. The number of amides is 2. The molecule has 164 valence electrons. The molecule has 0 aliphatic carbocycles. The van der Waals surface area contributed by atoms with Crippen LogP contribution in [0.2, 0.25) is 0 Å². The highest BCUT2D eigenvalue weighted by Gasteiger charge is 2.33. The van der Waals surface area contributed by atoms with E-state index in [9.17, 15) is 18.0 Å². The summed E-state index contributed by atoms with van der Waals surface area (Å²) in [7, 11) is -3.77. The Morgan fingerprint density at radius 3 is 2.35 bits per heavy atom. The number of aliphatic imine (C=N–C) groups is 1. The molecule has 1 aliphatic rings. The third-order valence-electron chi connectivity index (χ3n) is 5.10. The van der Waals surface area contributed by atoms with Crippen molar-refractivity contribution in [3.05, 3.63) is 59.7 Å². The minimum absolute atomic E-state index is 0.0628. The second-order valence-corrected chi connectivity index (χ2v) is 9.61. The van der Waals surface area contributed by atoms with Gasteiger partial charge in [-0.25, -0.2) is 8.42 Å². The number of hydrogen-bond donors (Lipinski definition) is 1. The second-order valence-electron chi connectivity index (χ2n) is 7.67. The highest BCUT2D eigenvalue weighted by molar-refractivity contribution is 7.89. The molecule has 0 saturated carbocycles. The summed E-state index contributed by atoms with van der Waals surface area (Å²) in [5.74, 6) is -0.396. The van der Waals surface area contributed by atoms with Crippen LogP contribution >= 0.6 is 0 Å². The standard InChI is InChI=1S/C22H26N4O4S/c1-15(2)17-7-9-20(10-8-17)31(29,30)25-11-12-26(21(28)14-25)19-6-4-5-18(13-19)22(23)24-16(3)27/h4-10,13,15H,11-12,14H2,1-3H3,(H2,23,24,27). The van der Waals surface area contributed by atoms with E-state index in [0.29, 0.717) is 17.2 Å². The van der Waals surface area contributed by atoms with Gasteiger partial charge in [0, 0.05) is 31.3 Å². The molecule has 0 atom stereocenters. The van der Waals surface area contributed by atoms with Crippen LogP contribution in [0.3, 0.4) is 0 Å². The molecular formula is C22H26N4O4S. The molecule has 0 unspecified atom stereocenters. The summed E-state index contributed by atoms with van der Waals surface area (Å²) < 4.78 is 27.2. The van der Waals surface area contributed by atoms with E-state index in [0.717, 1.165) is 5.56 Å². The summed E-state index contributed by atoms with van der Waals surface area (Å²) >= 11 is 0. The highest BCUT2D eigenvalue weighted by Crippen LogP contribution is 2.24. The Kier molecular flexibility index (Phi) is 6.56. The van der Waals surface area contributed by atoms with Crippen LogP contribution in [0.1, 0.15) is 37.8 Å². The van der Waals surface area contributed by atoms with Gasteiger partial charge in [-0.05, 0) is 35.7 Å². The van der Waals surface area contributed by atoms with E-state index < -0.39 is 15.9 Å². The summed E-state index contributed by atoms with van der Waals surface area (Å²) in [6, 6.07) is 13.6. The van der Waals surface area contributed by atoms with Crippen LogP contribution < -0.4 is 10.6 Å². The van der Waals surface area contributed by atoms with Gasteiger partial charge >= 0.3 is 0 Å². The molecule has 1 aliphatic heterocycles. The quantitative estimate of drug-likeness (QED) is 0.563. The van der Waals surface area contributed by atoms with Crippen molar-refractivity contribution in [2.75, 3.05) is 24.5 Å². The fourth-order valence-corrected chi connectivity index (χ4v) is 4.75. The Bertz CT molecular complexity index is 1120. The molecule has 0 aromatic heterocycles. The number of nitrogens with two attached hydrogens (primary N) is 1. The van der Waals surface area contributed by atoms with Crippen molar-refractivity contribution in [3.63, 3.8) is 0 Å². The smallest absolute Gasteiger partial charge is 0.244 e. The molecule has 3 rings (SSSR count). The molecule has 0 radical (unpaired) electrons. The number of carbonyl (C=O) groups excluding carboxylic acids is 2. The lowest BCUT2D eigenvalue weighted by Gasteiger charge is -2.33. The topological polar surface area (TPSA) is 113 Å². The first kappa shape index (κ1) is 22.6. The van der Waals surface area contributed by atoms with E-state index in [1.165, 1.54) is 16.1 Å². The van der Waals surface area contributed by atoms with Gasteiger partial charge in [-0.15, -0.1) is 0 Å². The van der Waals surface area contributed by atoms with Crippen molar-refractivity contribution in [2.24, 2.45) is 10.7 Å². The maximum atomic E-state index is 13.0. The van der Waals surface area contributed by atoms with Crippen molar-refractivity contribution < 1.29 is 18.0 Å². The van der Waals surface area contributed by atoms with Gasteiger partial charge in [0.25, 0.3) is 0 Å². The average Bonchev–Trinajstić information content (AvgIpc) is 2.73. The van der Waals surface area contributed by atoms with Crippen LogP contribution in [0.15, 0.2) is 58.4 Å². The van der Waals surface area contributed by atoms with Crippen molar-refractivity contribution in [1.29, 1.82) is 0 Å². The van der Waals surface area contributed by atoms with Crippen molar-refractivity contribution >= 4 is 33.4 Å². The first-order valence-corrected chi connectivity index (χ1v) is 11.4. The molecule has 0 spiro atoms. The van der Waals surface area contributed by atoms with Crippen LogP contribution in [-0.2, 0) is 19.6 Å². The van der Waals surface area contributed by atoms with E-state index in [-0.39, 0.29) is 36.3 Å². The lowest BCUT2D eigenvalue weighted by molar-refractivity contribution is -0.120. The predicted molar refractivity (Wildman–Crippen MR) is 119 cm³/mol. The zero-order chi connectivity index (χ0) is 22.8. The SMILES string of the molecule is CC(=O)N=C(N)c1cccc(N2CCN(S(=O)(=O)c3ccc(C(C)C)cc3)CC2=O)c1. The molecule has 9 heteroatoms. The Morgan fingerprint density at radius 2 is 1.77 bits per heavy atom. The molecule has 2 amide bonds. The van der Waals surface area contributed by atoms with Gasteiger partial charge in [-0.2, -0.15) is 9.30 Å². The first-order valence-electron chi connectivity index (χ1n) is 9.95. The number of rotatable bonds is 5. The Balaban J connectivity index is 1.78. The lowest BCUT2D eigenvalue weighted by atomic mass is 10.0. The predicted octanol–water partition coefficient (Wildman–Crippen LogP) is 2.10. The summed E-state index contributed by atoms with van der Waals surface area (Å²) in [6.45, 7) is 5.49. The molecule has 1 fully saturated rings. The number of anilines is 1. The zero-order valence-corrected chi connectivity index (χ0v) is 18.6. The normalized spacial score (nSPS) is 16.1. The molecule has 1 heterocycles. The Labute approximate surface area is 182 Å². The fraction of sp³-hybridized carbons (Fsp3) is 0.318. The number of piperazine rings is 1. The molecule has 2 aromatic carbocycles. The summed E-state index contributed by atoms with van der Waals surface area (Å²) in [5, 5.41) is 0. The third-order valence-corrected chi connectivity index (χ3v) is 6.96. The highest BCUT2D eigenvalue weighted by atomic mass is 32.2. The zero-order valence-electron chi connectivity index (χ0n) is 17.8. The van der Waals surface area contributed by atoms with Gasteiger partial charge in [-0.3, -0.25) is 9.59 Å². The Hall–Kier alpha value is -3.04. The van der Waals surface area contributed by atoms with Gasteiger partial charge in [0.1, 0.15) is 5.84 Å². The van der Waals surface area contributed by atoms with E-state index >= 15 is 0 Å². The average molecular weight is 443 g/mol. The van der Waals surface area contributed by atoms with Gasteiger partial charge in [-0.1, -0.05) is 38.1 Å². The minimum atomic E-state index is -3.77. The van der Waals surface area contributed by atoms with Crippen LogP contribution in [0, 0.1) is 0 Å². The van der Waals surface area contributed by atoms with Gasteiger partial charge in [0.15, 0.2) is 0 Å². The van der Waals surface area contributed by atoms with Gasteiger partial charge in [0.05, 0.1) is 11.4 Å². The minimum Gasteiger partial charge on any atom is -0.383 e. The summed E-state index contributed by atoms with van der Waals surface area (Å²) in [5.41, 5.74) is 7.97. The first-order chi connectivity index (χ1) is 14.6. The lowest BCUT2D eigenvalue weighted by Crippen LogP contribution is -2.52. The number of sulfonamides is 1. The number of carbonyl (C=O) groups is 2. The van der Waals surface area contributed by atoms with Crippen LogP contribution in [0.25, 0.3) is 0 Å². The maximum absolute atomic E-state index is 13.0. The van der Waals surface area contributed by atoms with E-state index in [1.54, 1.807) is 48.5 Å². The largest absolute Gasteiger partial charge is 0.383 e. The number of nitrogens with zero attached hydrogens (tertiary/aromatic N) is 3. The summed E-state index contributed by atoms with van der Waals surface area (Å²) in [4.78, 5) is 29.4. The van der Waals surface area contributed by atoms with Gasteiger partial charge in [0.2, 0.25) is 21.8 Å². The Morgan fingerprint density at radius 1 is 1.10 bits per heavy atom. The fourth-order valence-electron chi connectivity index (χ4n) is 3.37. The molecule has 1 saturated heterocycles. The number of benzene rings is 2. The van der Waals surface area contributed by atoms with Crippen LogP contribution in [0.4, 0.5) is 5.69 Å². The summed E-state index contributed by atoms with van der Waals surface area (Å²) in [6.07, 6.45) is 0. The van der Waals surface area contributed by atoms with Crippen molar-refractivity contribution in [2.45, 2.75) is 31.6 Å². The van der Waals surface area contributed by atoms with Crippen molar-refractivity contribution in [1.82, 2.24) is 4.31 Å². The molecular weight excluding hydrogens is 416 g/mol. The molecule has 31 heavy (non-hydrogen) atoms. The van der Waals surface area contributed by atoms with Crippen LogP contribution in [0.5, 0.6) is 0 Å². The second kappa shape index (κ2) is 8.99. The number of hydrogen-bond acceptors (Lipinski definition) is 4. The molecule has 2 N–H and O–H groups in total. The van der Waals surface area contributed by atoms with E-state index in [4.69, 9.17) is 5.73 Å². The monoisotopic (exact) mass is 442 g/mol. The molecule has 8 nitrogen and oxygen atoms in total.